The number of nitrogens with two attached hydrogens (primary N) is 1. The summed E-state index contributed by atoms with van der Waals surface area (Å²) in [4.78, 5) is 6.33. The molecule has 0 atom stereocenters. The van der Waals surface area contributed by atoms with Gasteiger partial charge in [0.1, 0.15) is 0 Å². The lowest BCUT2D eigenvalue weighted by Crippen LogP contribution is -2.37. The third-order valence-electron chi connectivity index (χ3n) is 3.03. The molecule has 0 aliphatic carbocycles. The number of rotatable bonds is 9. The van der Waals surface area contributed by atoms with Crippen molar-refractivity contribution in [1.82, 2.24) is 9.80 Å². The van der Waals surface area contributed by atoms with Gasteiger partial charge in [-0.3, -0.25) is 4.90 Å². The first-order valence-electron chi connectivity index (χ1n) is 6.47. The van der Waals surface area contributed by atoms with Crippen LogP contribution in [0.4, 0.5) is 0 Å². The average molecular weight is 292 g/mol. The van der Waals surface area contributed by atoms with E-state index in [2.05, 4.69) is 41.2 Å². The summed E-state index contributed by atoms with van der Waals surface area (Å²) in [7, 11) is 0. The van der Waals surface area contributed by atoms with E-state index >= 15 is 0 Å². The molecule has 0 fully saturated rings. The van der Waals surface area contributed by atoms with Crippen molar-refractivity contribution in [1.29, 1.82) is 0 Å². The standard InChI is InChI=1S/C13H25N3S.ClH/c1-3-15(4-2)9-10-16(8-7-14)12-13-6-5-11-17-13;/h5-6,11H,3-4,7-10,12,14H2,1-2H3;1H. The van der Waals surface area contributed by atoms with Gasteiger partial charge in [-0.25, -0.2) is 0 Å². The minimum Gasteiger partial charge on any atom is -0.329 e. The minimum atomic E-state index is 0. The third kappa shape index (κ3) is 6.71. The van der Waals surface area contributed by atoms with Gasteiger partial charge in [0, 0.05) is 37.6 Å². The second-order valence-corrected chi connectivity index (χ2v) is 5.20. The maximum Gasteiger partial charge on any atom is 0.0328 e. The Labute approximate surface area is 121 Å². The van der Waals surface area contributed by atoms with E-state index < -0.39 is 0 Å². The summed E-state index contributed by atoms with van der Waals surface area (Å²) in [5.41, 5.74) is 5.68. The minimum absolute atomic E-state index is 0. The number of nitrogens with zero attached hydrogens (tertiary/aromatic N) is 2. The van der Waals surface area contributed by atoms with Crippen molar-refractivity contribution in [3.63, 3.8) is 0 Å². The van der Waals surface area contributed by atoms with Gasteiger partial charge in [-0.15, -0.1) is 23.7 Å². The zero-order valence-electron chi connectivity index (χ0n) is 11.5. The summed E-state index contributed by atoms with van der Waals surface area (Å²) >= 11 is 1.83. The van der Waals surface area contributed by atoms with Gasteiger partial charge < -0.3 is 10.6 Å². The van der Waals surface area contributed by atoms with Gasteiger partial charge in [-0.05, 0) is 24.5 Å². The molecule has 0 saturated heterocycles. The highest BCUT2D eigenvalue weighted by atomic mass is 35.5. The maximum absolute atomic E-state index is 5.68. The van der Waals surface area contributed by atoms with Crippen molar-refractivity contribution in [3.8, 4) is 0 Å². The highest BCUT2D eigenvalue weighted by Crippen LogP contribution is 2.11. The molecule has 0 amide bonds. The van der Waals surface area contributed by atoms with Crippen LogP contribution in [0.2, 0.25) is 0 Å². The van der Waals surface area contributed by atoms with Crippen LogP contribution < -0.4 is 5.73 Å². The van der Waals surface area contributed by atoms with E-state index in [0.29, 0.717) is 0 Å². The van der Waals surface area contributed by atoms with E-state index in [4.69, 9.17) is 5.73 Å². The molecule has 1 rings (SSSR count). The van der Waals surface area contributed by atoms with Crippen molar-refractivity contribution in [2.24, 2.45) is 5.73 Å². The van der Waals surface area contributed by atoms with Crippen LogP contribution in [0.15, 0.2) is 17.5 Å². The maximum atomic E-state index is 5.68. The second-order valence-electron chi connectivity index (χ2n) is 4.17. The van der Waals surface area contributed by atoms with Gasteiger partial charge in [0.05, 0.1) is 0 Å². The lowest BCUT2D eigenvalue weighted by molar-refractivity contribution is 0.213. The van der Waals surface area contributed by atoms with Crippen molar-refractivity contribution < 1.29 is 0 Å². The molecule has 0 radical (unpaired) electrons. The van der Waals surface area contributed by atoms with Gasteiger partial charge in [0.15, 0.2) is 0 Å². The van der Waals surface area contributed by atoms with Gasteiger partial charge >= 0.3 is 0 Å². The lowest BCUT2D eigenvalue weighted by atomic mass is 10.3. The topological polar surface area (TPSA) is 32.5 Å². The Morgan fingerprint density at radius 3 is 2.28 bits per heavy atom. The molecule has 1 aromatic rings. The third-order valence-corrected chi connectivity index (χ3v) is 3.89. The Balaban J connectivity index is 0.00000289. The van der Waals surface area contributed by atoms with Crippen LogP contribution in [0.3, 0.4) is 0 Å². The van der Waals surface area contributed by atoms with Gasteiger partial charge in [0.2, 0.25) is 0 Å². The molecule has 0 aliphatic rings. The SMILES string of the molecule is CCN(CC)CCN(CCN)Cc1cccs1.Cl. The summed E-state index contributed by atoms with van der Waals surface area (Å²) in [5, 5.41) is 2.14. The Morgan fingerprint density at radius 2 is 1.78 bits per heavy atom. The monoisotopic (exact) mass is 291 g/mol. The number of thiophene rings is 1. The highest BCUT2D eigenvalue weighted by Gasteiger charge is 2.07. The van der Waals surface area contributed by atoms with Crippen LogP contribution >= 0.6 is 23.7 Å². The highest BCUT2D eigenvalue weighted by molar-refractivity contribution is 7.09. The molecule has 0 bridgehead atoms. The summed E-state index contributed by atoms with van der Waals surface area (Å²) in [5.74, 6) is 0. The number of hydrogen-bond acceptors (Lipinski definition) is 4. The van der Waals surface area contributed by atoms with E-state index in [1.54, 1.807) is 0 Å². The van der Waals surface area contributed by atoms with Crippen LogP contribution in [-0.2, 0) is 6.54 Å². The average Bonchev–Trinajstić information content (AvgIpc) is 2.83. The first kappa shape index (κ1) is 17.9. The molecule has 0 saturated carbocycles. The van der Waals surface area contributed by atoms with Crippen molar-refractivity contribution in [2.45, 2.75) is 20.4 Å². The quantitative estimate of drug-likeness (QED) is 0.758. The molecular formula is C13H26ClN3S. The molecule has 106 valence electrons. The molecule has 0 spiro atoms. The van der Waals surface area contributed by atoms with E-state index in [0.717, 1.165) is 45.8 Å². The van der Waals surface area contributed by atoms with E-state index in [1.165, 1.54) is 4.88 Å². The van der Waals surface area contributed by atoms with Crippen molar-refractivity contribution >= 4 is 23.7 Å². The normalized spacial score (nSPS) is 10.9. The smallest absolute Gasteiger partial charge is 0.0328 e. The van der Waals surface area contributed by atoms with Crippen LogP contribution in [0.1, 0.15) is 18.7 Å². The summed E-state index contributed by atoms with van der Waals surface area (Å²) in [6, 6.07) is 4.32. The predicted octanol–water partition coefficient (Wildman–Crippen LogP) is 2.27. The Morgan fingerprint density at radius 1 is 1.11 bits per heavy atom. The predicted molar refractivity (Wildman–Crippen MR) is 83.7 cm³/mol. The van der Waals surface area contributed by atoms with Crippen molar-refractivity contribution in [3.05, 3.63) is 22.4 Å². The molecule has 3 nitrogen and oxygen atoms in total. The lowest BCUT2D eigenvalue weighted by Gasteiger charge is -2.25. The molecule has 2 N–H and O–H groups in total. The Hall–Kier alpha value is -0.130. The van der Waals surface area contributed by atoms with Gasteiger partial charge in [-0.1, -0.05) is 19.9 Å². The molecule has 0 aliphatic heterocycles. The second kappa shape index (κ2) is 10.8. The molecule has 0 unspecified atom stereocenters. The molecule has 18 heavy (non-hydrogen) atoms. The first-order valence-corrected chi connectivity index (χ1v) is 7.35. The van der Waals surface area contributed by atoms with Gasteiger partial charge in [-0.2, -0.15) is 0 Å². The fourth-order valence-electron chi connectivity index (χ4n) is 1.90. The number of halogens is 1. The fraction of sp³-hybridized carbons (Fsp3) is 0.692. The first-order chi connectivity index (χ1) is 8.30. The van der Waals surface area contributed by atoms with E-state index in [9.17, 15) is 0 Å². The summed E-state index contributed by atoms with van der Waals surface area (Å²) in [6.07, 6.45) is 0. The Bertz CT molecular complexity index is 276. The van der Waals surface area contributed by atoms with Crippen LogP contribution in [0.25, 0.3) is 0 Å². The van der Waals surface area contributed by atoms with E-state index in [-0.39, 0.29) is 12.4 Å². The van der Waals surface area contributed by atoms with Crippen LogP contribution in [-0.4, -0.2) is 49.1 Å². The molecule has 1 aromatic heterocycles. The fourth-order valence-corrected chi connectivity index (χ4v) is 2.64. The summed E-state index contributed by atoms with van der Waals surface area (Å²) < 4.78 is 0. The molecule has 0 aromatic carbocycles. The Kier molecular flexibility index (Phi) is 10.7. The van der Waals surface area contributed by atoms with Crippen molar-refractivity contribution in [2.75, 3.05) is 39.3 Å². The number of hydrogen-bond donors (Lipinski definition) is 1. The number of likely N-dealkylation sites (N-methyl/N-ethyl adjacent to an activating group) is 1. The molecule has 5 heteroatoms. The zero-order valence-corrected chi connectivity index (χ0v) is 13.1. The van der Waals surface area contributed by atoms with Crippen LogP contribution in [0.5, 0.6) is 0 Å². The zero-order chi connectivity index (χ0) is 12.5. The van der Waals surface area contributed by atoms with Crippen LogP contribution in [0, 0.1) is 0 Å². The largest absolute Gasteiger partial charge is 0.329 e. The summed E-state index contributed by atoms with van der Waals surface area (Å²) in [6.45, 7) is 11.7. The molecule has 1 heterocycles. The van der Waals surface area contributed by atoms with Gasteiger partial charge in [0.25, 0.3) is 0 Å². The van der Waals surface area contributed by atoms with E-state index in [1.807, 2.05) is 11.3 Å². The molecular weight excluding hydrogens is 266 g/mol.